The molecule has 1 saturated carbocycles. The second-order valence-electron chi connectivity index (χ2n) is 5.55. The van der Waals surface area contributed by atoms with Gasteiger partial charge in [0.1, 0.15) is 5.56 Å². The zero-order valence-electron chi connectivity index (χ0n) is 11.7. The van der Waals surface area contributed by atoms with Gasteiger partial charge in [0.2, 0.25) is 0 Å². The highest BCUT2D eigenvalue weighted by Gasteiger charge is 2.22. The van der Waals surface area contributed by atoms with E-state index in [4.69, 9.17) is 0 Å². The predicted molar refractivity (Wildman–Crippen MR) is 75.3 cm³/mol. The highest BCUT2D eigenvalue weighted by molar-refractivity contribution is 5.93. The lowest BCUT2D eigenvalue weighted by molar-refractivity contribution is 0.0918. The second-order valence-corrected chi connectivity index (χ2v) is 5.55. The number of aryl methyl sites for hydroxylation is 1. The van der Waals surface area contributed by atoms with Gasteiger partial charge in [0.05, 0.1) is 0 Å². The van der Waals surface area contributed by atoms with Gasteiger partial charge in [-0.15, -0.1) is 0 Å². The molecule has 1 aromatic heterocycles. The molecule has 4 nitrogen and oxygen atoms in total. The fourth-order valence-electron chi connectivity index (χ4n) is 2.79. The molecule has 2 N–H and O–H groups in total. The average Bonchev–Trinajstić information content (AvgIpc) is 2.39. The zero-order chi connectivity index (χ0) is 13.8. The fraction of sp³-hybridized carbons (Fsp3) is 0.600. The Morgan fingerprint density at radius 3 is 2.68 bits per heavy atom. The summed E-state index contributed by atoms with van der Waals surface area (Å²) in [5, 5.41) is 2.97. The van der Waals surface area contributed by atoms with Crippen LogP contribution in [0.3, 0.4) is 0 Å². The molecular formula is C15H22N2O2. The van der Waals surface area contributed by atoms with Crippen molar-refractivity contribution in [2.45, 2.75) is 52.0 Å². The number of H-pyrrole nitrogens is 1. The van der Waals surface area contributed by atoms with E-state index in [2.05, 4.69) is 10.3 Å². The number of hydrogen-bond acceptors (Lipinski definition) is 2. The molecule has 104 valence electrons. The largest absolute Gasteiger partial charge is 0.364 e. The molecule has 0 spiro atoms. The van der Waals surface area contributed by atoms with Gasteiger partial charge >= 0.3 is 0 Å². The number of carbonyl (C=O) groups is 1. The molecule has 0 saturated heterocycles. The van der Waals surface area contributed by atoms with Crippen molar-refractivity contribution in [2.24, 2.45) is 5.92 Å². The lowest BCUT2D eigenvalue weighted by Crippen LogP contribution is -2.40. The van der Waals surface area contributed by atoms with E-state index in [0.29, 0.717) is 5.92 Å². The van der Waals surface area contributed by atoms with Crippen LogP contribution in [-0.4, -0.2) is 16.9 Å². The maximum atomic E-state index is 12.1. The summed E-state index contributed by atoms with van der Waals surface area (Å²) in [6.07, 6.45) is 7.64. The van der Waals surface area contributed by atoms with E-state index >= 15 is 0 Å². The zero-order valence-corrected chi connectivity index (χ0v) is 11.7. The number of amides is 1. The van der Waals surface area contributed by atoms with Gasteiger partial charge in [-0.3, -0.25) is 9.59 Å². The number of rotatable bonds is 3. The van der Waals surface area contributed by atoms with Gasteiger partial charge < -0.3 is 10.3 Å². The summed E-state index contributed by atoms with van der Waals surface area (Å²) >= 11 is 0. The first-order valence-corrected chi connectivity index (χ1v) is 7.08. The van der Waals surface area contributed by atoms with Crippen LogP contribution in [0.25, 0.3) is 0 Å². The molecule has 1 aliphatic rings. The van der Waals surface area contributed by atoms with Crippen LogP contribution in [-0.2, 0) is 0 Å². The van der Waals surface area contributed by atoms with Crippen LogP contribution in [0.1, 0.15) is 55.1 Å². The topological polar surface area (TPSA) is 62.0 Å². The van der Waals surface area contributed by atoms with Crippen LogP contribution in [0, 0.1) is 12.8 Å². The number of hydrogen-bond donors (Lipinski definition) is 2. The van der Waals surface area contributed by atoms with Crippen LogP contribution < -0.4 is 10.7 Å². The van der Waals surface area contributed by atoms with Crippen molar-refractivity contribution in [1.82, 2.24) is 10.3 Å². The minimum absolute atomic E-state index is 0.133. The Morgan fingerprint density at radius 1 is 1.37 bits per heavy atom. The normalized spacial score (nSPS) is 18.0. The SMILES string of the molecule is Cc1cc(=O)c(C(=O)NC(C)C2CCCCC2)c[nH]1. The molecule has 0 aromatic carbocycles. The van der Waals surface area contributed by atoms with Gasteiger partial charge in [-0.1, -0.05) is 19.3 Å². The molecule has 0 radical (unpaired) electrons. The van der Waals surface area contributed by atoms with E-state index in [1.807, 2.05) is 6.92 Å². The minimum Gasteiger partial charge on any atom is -0.364 e. The summed E-state index contributed by atoms with van der Waals surface area (Å²) in [5.41, 5.74) is 0.750. The Kier molecular flexibility index (Phi) is 4.40. The first-order chi connectivity index (χ1) is 9.08. The third-order valence-electron chi connectivity index (χ3n) is 4.02. The van der Waals surface area contributed by atoms with Crippen molar-refractivity contribution in [2.75, 3.05) is 0 Å². The standard InChI is InChI=1S/C15H22N2O2/c1-10-8-14(18)13(9-16-10)15(19)17-11(2)12-6-4-3-5-7-12/h8-9,11-12H,3-7H2,1-2H3,(H,16,18)(H,17,19). The maximum absolute atomic E-state index is 12.1. The molecule has 1 fully saturated rings. The van der Waals surface area contributed by atoms with Crippen LogP contribution in [0.15, 0.2) is 17.1 Å². The summed E-state index contributed by atoms with van der Waals surface area (Å²) in [4.78, 5) is 26.8. The van der Waals surface area contributed by atoms with Crippen molar-refractivity contribution in [3.63, 3.8) is 0 Å². The summed E-state index contributed by atoms with van der Waals surface area (Å²) in [6.45, 7) is 3.84. The van der Waals surface area contributed by atoms with Crippen molar-refractivity contribution in [1.29, 1.82) is 0 Å². The predicted octanol–water partition coefficient (Wildman–Crippen LogP) is 2.38. The number of aromatic amines is 1. The van der Waals surface area contributed by atoms with Crippen molar-refractivity contribution in [3.05, 3.63) is 33.7 Å². The van der Waals surface area contributed by atoms with E-state index in [-0.39, 0.29) is 22.9 Å². The van der Waals surface area contributed by atoms with Crippen molar-refractivity contribution < 1.29 is 4.79 Å². The Labute approximate surface area is 113 Å². The summed E-state index contributed by atoms with van der Waals surface area (Å²) in [7, 11) is 0. The number of carbonyl (C=O) groups excluding carboxylic acids is 1. The third-order valence-corrected chi connectivity index (χ3v) is 4.02. The Morgan fingerprint density at radius 2 is 2.05 bits per heavy atom. The van der Waals surface area contributed by atoms with Crippen LogP contribution in [0.2, 0.25) is 0 Å². The molecule has 1 amide bonds. The minimum atomic E-state index is -0.265. The molecule has 1 atom stereocenters. The van der Waals surface area contributed by atoms with E-state index in [9.17, 15) is 9.59 Å². The van der Waals surface area contributed by atoms with Crippen LogP contribution in [0.4, 0.5) is 0 Å². The van der Waals surface area contributed by atoms with Gasteiger partial charge in [0.25, 0.3) is 5.91 Å². The average molecular weight is 262 g/mol. The van der Waals surface area contributed by atoms with E-state index < -0.39 is 0 Å². The van der Waals surface area contributed by atoms with Gasteiger partial charge in [0, 0.05) is 24.0 Å². The van der Waals surface area contributed by atoms with Gasteiger partial charge in [-0.05, 0) is 32.6 Å². The lowest BCUT2D eigenvalue weighted by atomic mass is 9.84. The fourth-order valence-corrected chi connectivity index (χ4v) is 2.79. The smallest absolute Gasteiger partial charge is 0.256 e. The van der Waals surface area contributed by atoms with Gasteiger partial charge in [0.15, 0.2) is 5.43 Å². The quantitative estimate of drug-likeness (QED) is 0.878. The number of aromatic nitrogens is 1. The van der Waals surface area contributed by atoms with Crippen molar-refractivity contribution >= 4 is 5.91 Å². The molecule has 1 heterocycles. The first kappa shape index (κ1) is 13.8. The molecule has 0 bridgehead atoms. The van der Waals surface area contributed by atoms with Crippen LogP contribution in [0.5, 0.6) is 0 Å². The summed E-state index contributed by atoms with van der Waals surface area (Å²) < 4.78 is 0. The maximum Gasteiger partial charge on any atom is 0.256 e. The lowest BCUT2D eigenvalue weighted by Gasteiger charge is -2.28. The van der Waals surface area contributed by atoms with Gasteiger partial charge in [-0.25, -0.2) is 0 Å². The molecule has 0 aliphatic heterocycles. The summed E-state index contributed by atoms with van der Waals surface area (Å²) in [6, 6.07) is 1.59. The number of pyridine rings is 1. The molecule has 4 heteroatoms. The van der Waals surface area contributed by atoms with Crippen molar-refractivity contribution in [3.8, 4) is 0 Å². The molecule has 2 rings (SSSR count). The van der Waals surface area contributed by atoms with Gasteiger partial charge in [-0.2, -0.15) is 0 Å². The Balaban J connectivity index is 2.01. The Bertz CT molecular complexity index is 501. The molecule has 19 heavy (non-hydrogen) atoms. The highest BCUT2D eigenvalue weighted by Crippen LogP contribution is 2.26. The summed E-state index contributed by atoms with van der Waals surface area (Å²) in [5.74, 6) is 0.279. The molecule has 1 aliphatic carbocycles. The highest BCUT2D eigenvalue weighted by atomic mass is 16.2. The second kappa shape index (κ2) is 6.04. The Hall–Kier alpha value is -1.58. The molecular weight excluding hydrogens is 240 g/mol. The van der Waals surface area contributed by atoms with E-state index in [1.54, 1.807) is 6.92 Å². The monoisotopic (exact) mass is 262 g/mol. The first-order valence-electron chi connectivity index (χ1n) is 7.08. The number of nitrogens with one attached hydrogen (secondary N) is 2. The van der Waals surface area contributed by atoms with Crippen LogP contribution >= 0.6 is 0 Å². The molecule has 1 aromatic rings. The third kappa shape index (κ3) is 3.46. The van der Waals surface area contributed by atoms with E-state index in [1.165, 1.54) is 44.4 Å². The van der Waals surface area contributed by atoms with E-state index in [0.717, 1.165) is 5.69 Å². The molecule has 1 unspecified atom stereocenters.